The number of hydrogen-bond acceptors (Lipinski definition) is 4. The van der Waals surface area contributed by atoms with Crippen molar-refractivity contribution in [2.24, 2.45) is 5.92 Å². The first-order valence-corrected chi connectivity index (χ1v) is 7.32. The summed E-state index contributed by atoms with van der Waals surface area (Å²) in [5.41, 5.74) is 0. The molecule has 0 heterocycles. The molecule has 0 radical (unpaired) electrons. The number of ketones is 2. The van der Waals surface area contributed by atoms with E-state index in [0.717, 1.165) is 0 Å². The fourth-order valence-corrected chi connectivity index (χ4v) is 4.72. The smallest absolute Gasteiger partial charge is 0.156 e. The van der Waals surface area contributed by atoms with Gasteiger partial charge in [0.25, 0.3) is 0 Å². The van der Waals surface area contributed by atoms with Crippen molar-refractivity contribution in [3.63, 3.8) is 0 Å². The number of rotatable bonds is 3. The van der Waals surface area contributed by atoms with Gasteiger partial charge >= 0.3 is 0 Å². The fraction of sp³-hybridized carbons (Fsp3) is 0.818. The average molecular weight is 244 g/mol. The van der Waals surface area contributed by atoms with Crippen molar-refractivity contribution in [3.8, 4) is 0 Å². The molecular weight excluding hydrogens is 228 g/mol. The van der Waals surface area contributed by atoms with Gasteiger partial charge in [0.15, 0.2) is 9.84 Å². The summed E-state index contributed by atoms with van der Waals surface area (Å²) >= 11 is 0. The van der Waals surface area contributed by atoms with Crippen molar-refractivity contribution in [1.29, 1.82) is 0 Å². The van der Waals surface area contributed by atoms with Crippen LogP contribution < -0.4 is 0 Å². The Kier molecular flexibility index (Phi) is 2.69. The lowest BCUT2D eigenvalue weighted by Crippen LogP contribution is -2.39. The molecule has 0 aromatic carbocycles. The maximum absolute atomic E-state index is 12.0. The summed E-state index contributed by atoms with van der Waals surface area (Å²) in [6.07, 6.45) is 1.78. The van der Waals surface area contributed by atoms with Gasteiger partial charge in [-0.2, -0.15) is 0 Å². The molecule has 2 rings (SSSR count). The number of Topliss-reactive ketones (excluding diaryl/α,β-unsaturated/α-hetero) is 2. The van der Waals surface area contributed by atoms with Crippen LogP contribution in [0.15, 0.2) is 0 Å². The summed E-state index contributed by atoms with van der Waals surface area (Å²) < 4.78 is 23.2. The molecule has 0 unspecified atom stereocenters. The molecule has 0 N–H and O–H groups in total. The van der Waals surface area contributed by atoms with Crippen LogP contribution in [0.5, 0.6) is 0 Å². The van der Waals surface area contributed by atoms with Gasteiger partial charge in [0, 0.05) is 18.6 Å². The van der Waals surface area contributed by atoms with Crippen molar-refractivity contribution in [3.05, 3.63) is 0 Å². The van der Waals surface area contributed by atoms with Crippen molar-refractivity contribution < 1.29 is 18.0 Å². The molecule has 0 aromatic heterocycles. The highest BCUT2D eigenvalue weighted by atomic mass is 32.2. The van der Waals surface area contributed by atoms with Gasteiger partial charge in [-0.1, -0.05) is 6.92 Å². The molecule has 0 spiro atoms. The maximum Gasteiger partial charge on any atom is 0.156 e. The molecule has 0 saturated heterocycles. The molecule has 2 saturated carbocycles. The van der Waals surface area contributed by atoms with Crippen LogP contribution in [-0.2, 0) is 19.4 Å². The molecule has 90 valence electrons. The zero-order valence-corrected chi connectivity index (χ0v) is 10.2. The van der Waals surface area contributed by atoms with E-state index in [1.54, 1.807) is 6.92 Å². The van der Waals surface area contributed by atoms with Crippen molar-refractivity contribution >= 4 is 21.4 Å². The summed E-state index contributed by atoms with van der Waals surface area (Å²) in [7, 11) is -3.14. The lowest BCUT2D eigenvalue weighted by Gasteiger charge is -2.28. The molecule has 2 aliphatic rings. The Hall–Kier alpha value is -0.710. The summed E-state index contributed by atoms with van der Waals surface area (Å²) in [4.78, 5) is 22.7. The Bertz CT molecular complexity index is 415. The summed E-state index contributed by atoms with van der Waals surface area (Å²) in [5, 5.41) is 0. The molecular formula is C11H16O4S. The Labute approximate surface area is 95.3 Å². The van der Waals surface area contributed by atoms with E-state index < -0.39 is 14.6 Å². The first kappa shape index (κ1) is 11.8. The molecule has 0 atom stereocenters. The minimum Gasteiger partial charge on any atom is -0.299 e. The zero-order valence-electron chi connectivity index (χ0n) is 9.36. The van der Waals surface area contributed by atoms with Crippen LogP contribution >= 0.6 is 0 Å². The summed E-state index contributed by atoms with van der Waals surface area (Å²) in [6.45, 7) is 1.63. The minimum atomic E-state index is -3.14. The Balaban J connectivity index is 2.25. The van der Waals surface area contributed by atoms with Gasteiger partial charge in [-0.05, 0) is 18.8 Å². The number of carbonyl (C=O) groups is 2. The Morgan fingerprint density at radius 3 is 2.06 bits per heavy atom. The third-order valence-electron chi connectivity index (χ3n) is 3.83. The molecule has 16 heavy (non-hydrogen) atoms. The van der Waals surface area contributed by atoms with Crippen LogP contribution in [-0.4, -0.2) is 30.5 Å². The van der Waals surface area contributed by atoms with E-state index in [4.69, 9.17) is 0 Å². The normalized spacial score (nSPS) is 25.8. The van der Waals surface area contributed by atoms with Gasteiger partial charge in [0.05, 0.1) is 11.2 Å². The third-order valence-corrected chi connectivity index (χ3v) is 6.57. The maximum atomic E-state index is 12.0. The van der Waals surface area contributed by atoms with Gasteiger partial charge in [-0.15, -0.1) is 0 Å². The van der Waals surface area contributed by atoms with E-state index in [1.807, 2.05) is 0 Å². The molecule has 2 aliphatic carbocycles. The van der Waals surface area contributed by atoms with Crippen molar-refractivity contribution in [2.45, 2.75) is 43.8 Å². The van der Waals surface area contributed by atoms with Gasteiger partial charge in [-0.3, -0.25) is 9.59 Å². The lowest BCUT2D eigenvalue weighted by molar-refractivity contribution is -0.131. The van der Waals surface area contributed by atoms with Gasteiger partial charge < -0.3 is 0 Å². The second-order valence-corrected chi connectivity index (χ2v) is 7.45. The van der Waals surface area contributed by atoms with Crippen LogP contribution in [0.4, 0.5) is 0 Å². The van der Waals surface area contributed by atoms with E-state index in [9.17, 15) is 18.0 Å². The lowest BCUT2D eigenvalue weighted by atomic mass is 9.84. The first-order valence-electron chi connectivity index (χ1n) is 5.67. The molecule has 0 amide bonds. The summed E-state index contributed by atoms with van der Waals surface area (Å²) in [5.74, 6) is -0.352. The highest BCUT2D eigenvalue weighted by Gasteiger charge is 2.59. The molecule has 0 aromatic rings. The molecule has 0 aliphatic heterocycles. The van der Waals surface area contributed by atoms with Crippen molar-refractivity contribution in [1.82, 2.24) is 0 Å². The van der Waals surface area contributed by atoms with Crippen LogP contribution in [0.3, 0.4) is 0 Å². The predicted molar refractivity (Wildman–Crippen MR) is 58.8 cm³/mol. The SMILES string of the molecule is CCS(=O)(=O)C1(C2CC(=O)CC(=O)C2)CC1. The van der Waals surface area contributed by atoms with Crippen LogP contribution in [0.2, 0.25) is 0 Å². The average Bonchev–Trinajstić information content (AvgIpc) is 2.97. The highest BCUT2D eigenvalue weighted by molar-refractivity contribution is 7.93. The number of sulfone groups is 1. The van der Waals surface area contributed by atoms with E-state index in [2.05, 4.69) is 0 Å². The third kappa shape index (κ3) is 1.71. The largest absolute Gasteiger partial charge is 0.299 e. The van der Waals surface area contributed by atoms with Crippen LogP contribution in [0.25, 0.3) is 0 Å². The highest BCUT2D eigenvalue weighted by Crippen LogP contribution is 2.53. The second kappa shape index (κ2) is 3.65. The fourth-order valence-electron chi connectivity index (χ4n) is 2.74. The number of hydrogen-bond donors (Lipinski definition) is 0. The molecule has 2 fully saturated rings. The van der Waals surface area contributed by atoms with Crippen LogP contribution in [0, 0.1) is 5.92 Å². The molecule has 0 bridgehead atoms. The minimum absolute atomic E-state index is 0.00124. The van der Waals surface area contributed by atoms with E-state index in [-0.39, 0.29) is 42.5 Å². The quantitative estimate of drug-likeness (QED) is 0.691. The molecule has 4 nitrogen and oxygen atoms in total. The van der Waals surface area contributed by atoms with Gasteiger partial charge in [0.1, 0.15) is 11.6 Å². The number of carbonyl (C=O) groups excluding carboxylic acids is 2. The predicted octanol–water partition coefficient (Wildman–Crippen LogP) is 0.892. The van der Waals surface area contributed by atoms with Gasteiger partial charge in [0.2, 0.25) is 0 Å². The Morgan fingerprint density at radius 1 is 1.19 bits per heavy atom. The standard InChI is InChI=1S/C11H16O4S/c1-2-16(14,15)11(3-4-11)8-5-9(12)7-10(13)6-8/h8H,2-7H2,1H3. The second-order valence-electron chi connectivity index (χ2n) is 4.83. The van der Waals surface area contributed by atoms with Gasteiger partial charge in [-0.25, -0.2) is 8.42 Å². The Morgan fingerprint density at radius 2 is 1.69 bits per heavy atom. The monoisotopic (exact) mass is 244 g/mol. The topological polar surface area (TPSA) is 68.3 Å². The van der Waals surface area contributed by atoms with E-state index >= 15 is 0 Å². The van der Waals surface area contributed by atoms with Crippen molar-refractivity contribution in [2.75, 3.05) is 5.75 Å². The summed E-state index contributed by atoms with van der Waals surface area (Å²) in [6, 6.07) is 0. The molecule has 5 heteroatoms. The first-order chi connectivity index (χ1) is 7.41. The van der Waals surface area contributed by atoms with E-state index in [0.29, 0.717) is 12.8 Å². The zero-order chi connectivity index (χ0) is 12.0. The van der Waals surface area contributed by atoms with E-state index in [1.165, 1.54) is 0 Å². The van der Waals surface area contributed by atoms with Crippen LogP contribution in [0.1, 0.15) is 39.0 Å².